The summed E-state index contributed by atoms with van der Waals surface area (Å²) in [4.78, 5) is 14.1. The number of nitrogens with zero attached hydrogens (tertiary/aromatic N) is 1. The molecule has 104 valence electrons. The SMILES string of the molecule is COc1ccc(CCC(=O)NC2CCN(C)C2)cc1. The van der Waals surface area contributed by atoms with Gasteiger partial charge in [0.2, 0.25) is 5.91 Å². The van der Waals surface area contributed by atoms with Crippen molar-refractivity contribution in [2.75, 3.05) is 27.2 Å². The number of likely N-dealkylation sites (tertiary alicyclic amines) is 1. The Morgan fingerprint density at radius 2 is 2.16 bits per heavy atom. The number of ether oxygens (including phenoxy) is 1. The summed E-state index contributed by atoms with van der Waals surface area (Å²) in [7, 11) is 3.74. The number of carbonyl (C=O) groups excluding carboxylic acids is 1. The first-order chi connectivity index (χ1) is 9.17. The lowest BCUT2D eigenvalue weighted by Crippen LogP contribution is -2.36. The molecule has 4 nitrogen and oxygen atoms in total. The van der Waals surface area contributed by atoms with Crippen LogP contribution in [0, 0.1) is 0 Å². The molecule has 1 saturated heterocycles. The van der Waals surface area contributed by atoms with Gasteiger partial charge in [-0.05, 0) is 44.1 Å². The second kappa shape index (κ2) is 6.57. The van der Waals surface area contributed by atoms with E-state index in [-0.39, 0.29) is 5.91 Å². The van der Waals surface area contributed by atoms with Crippen LogP contribution in [0.25, 0.3) is 0 Å². The van der Waals surface area contributed by atoms with Gasteiger partial charge in [-0.25, -0.2) is 0 Å². The van der Waals surface area contributed by atoms with E-state index < -0.39 is 0 Å². The Morgan fingerprint density at radius 3 is 2.74 bits per heavy atom. The van der Waals surface area contributed by atoms with E-state index >= 15 is 0 Å². The standard InChI is InChI=1S/C15H22N2O2/c1-17-10-9-13(11-17)16-15(18)8-5-12-3-6-14(19-2)7-4-12/h3-4,6-7,13H,5,8-11H2,1-2H3,(H,16,18). The van der Waals surface area contributed by atoms with E-state index in [2.05, 4.69) is 17.3 Å². The molecule has 4 heteroatoms. The summed E-state index contributed by atoms with van der Waals surface area (Å²) in [6.45, 7) is 2.04. The van der Waals surface area contributed by atoms with E-state index in [4.69, 9.17) is 4.74 Å². The number of hydrogen-bond donors (Lipinski definition) is 1. The van der Waals surface area contributed by atoms with E-state index in [1.54, 1.807) is 7.11 Å². The smallest absolute Gasteiger partial charge is 0.220 e. The Morgan fingerprint density at radius 1 is 1.42 bits per heavy atom. The molecule has 1 unspecified atom stereocenters. The molecule has 0 bridgehead atoms. The van der Waals surface area contributed by atoms with Crippen molar-refractivity contribution in [3.63, 3.8) is 0 Å². The third-order valence-corrected chi connectivity index (χ3v) is 3.56. The third-order valence-electron chi connectivity index (χ3n) is 3.56. The molecule has 1 atom stereocenters. The molecule has 0 aliphatic carbocycles. The molecule has 1 fully saturated rings. The summed E-state index contributed by atoms with van der Waals surface area (Å²) >= 11 is 0. The molecule has 2 rings (SSSR count). The maximum Gasteiger partial charge on any atom is 0.220 e. The molecule has 0 saturated carbocycles. The largest absolute Gasteiger partial charge is 0.497 e. The summed E-state index contributed by atoms with van der Waals surface area (Å²) in [5.74, 6) is 0.998. The highest BCUT2D eigenvalue weighted by molar-refractivity contribution is 5.76. The normalized spacial score (nSPS) is 19.4. The second-order valence-corrected chi connectivity index (χ2v) is 5.16. The predicted octanol–water partition coefficient (Wildman–Crippen LogP) is 1.45. The number of aryl methyl sites for hydroxylation is 1. The minimum absolute atomic E-state index is 0.149. The van der Waals surface area contributed by atoms with Gasteiger partial charge in [0.15, 0.2) is 0 Å². The van der Waals surface area contributed by atoms with E-state index in [1.807, 2.05) is 24.3 Å². The van der Waals surface area contributed by atoms with Crippen molar-refractivity contribution < 1.29 is 9.53 Å². The first kappa shape index (κ1) is 13.9. The fraction of sp³-hybridized carbons (Fsp3) is 0.533. The summed E-state index contributed by atoms with van der Waals surface area (Å²) in [6.07, 6.45) is 2.38. The molecular formula is C15H22N2O2. The number of amides is 1. The zero-order chi connectivity index (χ0) is 13.7. The van der Waals surface area contributed by atoms with Crippen LogP contribution in [-0.2, 0) is 11.2 Å². The summed E-state index contributed by atoms with van der Waals surface area (Å²) < 4.78 is 5.11. The van der Waals surface area contributed by atoms with Crippen molar-refractivity contribution in [3.8, 4) is 5.75 Å². The van der Waals surface area contributed by atoms with Gasteiger partial charge >= 0.3 is 0 Å². The summed E-state index contributed by atoms with van der Waals surface area (Å²) in [5, 5.41) is 3.10. The Hall–Kier alpha value is -1.55. The molecular weight excluding hydrogens is 240 g/mol. The summed E-state index contributed by atoms with van der Waals surface area (Å²) in [5.41, 5.74) is 1.17. The number of methoxy groups -OCH3 is 1. The van der Waals surface area contributed by atoms with E-state index in [1.165, 1.54) is 5.56 Å². The number of rotatable bonds is 5. The topological polar surface area (TPSA) is 41.6 Å². The molecule has 0 spiro atoms. The highest BCUT2D eigenvalue weighted by atomic mass is 16.5. The molecule has 1 amide bonds. The third kappa shape index (κ3) is 4.24. The van der Waals surface area contributed by atoms with E-state index in [0.29, 0.717) is 12.5 Å². The molecule has 1 N–H and O–H groups in total. The van der Waals surface area contributed by atoms with Gasteiger partial charge in [-0.1, -0.05) is 12.1 Å². The number of nitrogens with one attached hydrogen (secondary N) is 1. The van der Waals surface area contributed by atoms with Crippen molar-refractivity contribution in [3.05, 3.63) is 29.8 Å². The molecule has 19 heavy (non-hydrogen) atoms. The van der Waals surface area contributed by atoms with Gasteiger partial charge in [-0.2, -0.15) is 0 Å². The molecule has 1 aliphatic rings. The predicted molar refractivity (Wildman–Crippen MR) is 75.4 cm³/mol. The number of carbonyl (C=O) groups is 1. The van der Waals surface area contributed by atoms with Gasteiger partial charge in [-0.3, -0.25) is 4.79 Å². The minimum atomic E-state index is 0.149. The number of benzene rings is 1. The van der Waals surface area contributed by atoms with E-state index in [0.717, 1.165) is 31.7 Å². The number of likely N-dealkylation sites (N-methyl/N-ethyl adjacent to an activating group) is 1. The molecule has 1 aliphatic heterocycles. The van der Waals surface area contributed by atoms with Gasteiger partial charge in [0.1, 0.15) is 5.75 Å². The average molecular weight is 262 g/mol. The van der Waals surface area contributed by atoms with Crippen LogP contribution >= 0.6 is 0 Å². The minimum Gasteiger partial charge on any atom is -0.497 e. The Balaban J connectivity index is 1.73. The molecule has 1 aromatic rings. The van der Waals surface area contributed by atoms with Gasteiger partial charge < -0.3 is 15.0 Å². The fourth-order valence-electron chi connectivity index (χ4n) is 2.40. The zero-order valence-electron chi connectivity index (χ0n) is 11.7. The van der Waals surface area contributed by atoms with Crippen LogP contribution in [-0.4, -0.2) is 44.1 Å². The van der Waals surface area contributed by atoms with Gasteiger partial charge in [0, 0.05) is 19.0 Å². The molecule has 1 aromatic carbocycles. The van der Waals surface area contributed by atoms with Crippen LogP contribution in [0.1, 0.15) is 18.4 Å². The van der Waals surface area contributed by atoms with Crippen molar-refractivity contribution in [1.29, 1.82) is 0 Å². The fourth-order valence-corrected chi connectivity index (χ4v) is 2.40. The van der Waals surface area contributed by atoms with Crippen molar-refractivity contribution in [2.45, 2.75) is 25.3 Å². The molecule has 1 heterocycles. The maximum atomic E-state index is 11.8. The van der Waals surface area contributed by atoms with Crippen LogP contribution in [0.2, 0.25) is 0 Å². The van der Waals surface area contributed by atoms with Crippen LogP contribution in [0.15, 0.2) is 24.3 Å². The van der Waals surface area contributed by atoms with Crippen LogP contribution in [0.3, 0.4) is 0 Å². The van der Waals surface area contributed by atoms with Gasteiger partial charge in [0.05, 0.1) is 7.11 Å². The number of hydrogen-bond acceptors (Lipinski definition) is 3. The zero-order valence-corrected chi connectivity index (χ0v) is 11.7. The Bertz CT molecular complexity index is 417. The highest BCUT2D eigenvalue weighted by Gasteiger charge is 2.20. The maximum absolute atomic E-state index is 11.8. The average Bonchev–Trinajstić information content (AvgIpc) is 2.82. The second-order valence-electron chi connectivity index (χ2n) is 5.16. The van der Waals surface area contributed by atoms with Crippen LogP contribution in [0.5, 0.6) is 5.75 Å². The monoisotopic (exact) mass is 262 g/mol. The molecule has 0 aromatic heterocycles. The van der Waals surface area contributed by atoms with Crippen molar-refractivity contribution in [1.82, 2.24) is 10.2 Å². The Kier molecular flexibility index (Phi) is 4.80. The summed E-state index contributed by atoms with van der Waals surface area (Å²) in [6, 6.07) is 8.21. The lowest BCUT2D eigenvalue weighted by atomic mass is 10.1. The van der Waals surface area contributed by atoms with E-state index in [9.17, 15) is 4.79 Å². The highest BCUT2D eigenvalue weighted by Crippen LogP contribution is 2.13. The van der Waals surface area contributed by atoms with Gasteiger partial charge in [0.25, 0.3) is 0 Å². The van der Waals surface area contributed by atoms with Crippen LogP contribution < -0.4 is 10.1 Å². The van der Waals surface area contributed by atoms with Crippen LogP contribution in [0.4, 0.5) is 0 Å². The lowest BCUT2D eigenvalue weighted by molar-refractivity contribution is -0.121. The van der Waals surface area contributed by atoms with Gasteiger partial charge in [-0.15, -0.1) is 0 Å². The first-order valence-electron chi connectivity index (χ1n) is 6.78. The quantitative estimate of drug-likeness (QED) is 0.873. The first-order valence-corrected chi connectivity index (χ1v) is 6.78. The Labute approximate surface area is 114 Å². The van der Waals surface area contributed by atoms with Crippen molar-refractivity contribution >= 4 is 5.91 Å². The lowest BCUT2D eigenvalue weighted by Gasteiger charge is -2.12. The van der Waals surface area contributed by atoms with Crippen molar-refractivity contribution in [2.24, 2.45) is 0 Å². The molecule has 0 radical (unpaired) electrons.